The van der Waals surface area contributed by atoms with Crippen LogP contribution in [0.4, 0.5) is 10.1 Å². The summed E-state index contributed by atoms with van der Waals surface area (Å²) >= 11 is 0. The van der Waals surface area contributed by atoms with Crippen molar-refractivity contribution in [2.75, 3.05) is 12.3 Å². The summed E-state index contributed by atoms with van der Waals surface area (Å²) in [5.74, 6) is 1.29. The van der Waals surface area contributed by atoms with Crippen molar-refractivity contribution < 1.29 is 4.39 Å². The molecule has 0 heterocycles. The van der Waals surface area contributed by atoms with Crippen LogP contribution in [0.3, 0.4) is 0 Å². The van der Waals surface area contributed by atoms with E-state index in [0.717, 1.165) is 23.9 Å². The Labute approximate surface area is 96.0 Å². The highest BCUT2D eigenvalue weighted by Gasteiger charge is 2.27. The minimum atomic E-state index is -0.324. The zero-order chi connectivity index (χ0) is 11.5. The van der Waals surface area contributed by atoms with Crippen LogP contribution in [0.25, 0.3) is 0 Å². The summed E-state index contributed by atoms with van der Waals surface area (Å²) in [5, 5.41) is 3.34. The number of nitrogen functional groups attached to an aromatic ring is 1. The van der Waals surface area contributed by atoms with Gasteiger partial charge in [0.15, 0.2) is 0 Å². The van der Waals surface area contributed by atoms with Crippen molar-refractivity contribution in [3.63, 3.8) is 0 Å². The van der Waals surface area contributed by atoms with E-state index in [-0.39, 0.29) is 11.5 Å². The number of hydrogen-bond donors (Lipinski definition) is 2. The summed E-state index contributed by atoms with van der Waals surface area (Å²) in [6.07, 6.45) is 2.73. The molecule has 0 saturated heterocycles. The van der Waals surface area contributed by atoms with E-state index >= 15 is 0 Å². The molecule has 1 aliphatic carbocycles. The fourth-order valence-corrected chi connectivity index (χ4v) is 2.00. The highest BCUT2D eigenvalue weighted by molar-refractivity contribution is 5.47. The second-order valence-electron chi connectivity index (χ2n) is 4.76. The minimum Gasteiger partial charge on any atom is -0.396 e. The van der Waals surface area contributed by atoms with E-state index in [1.54, 1.807) is 6.07 Å². The van der Waals surface area contributed by atoms with E-state index < -0.39 is 0 Å². The van der Waals surface area contributed by atoms with Crippen LogP contribution >= 0.6 is 0 Å². The third kappa shape index (κ3) is 2.73. The van der Waals surface area contributed by atoms with Gasteiger partial charge in [-0.3, -0.25) is 0 Å². The van der Waals surface area contributed by atoms with Crippen LogP contribution in [0.15, 0.2) is 18.2 Å². The van der Waals surface area contributed by atoms with E-state index in [1.807, 2.05) is 6.07 Å². The second-order valence-corrected chi connectivity index (χ2v) is 4.76. The smallest absolute Gasteiger partial charge is 0.146 e. The quantitative estimate of drug-likeness (QED) is 0.751. The number of nitrogens with one attached hydrogen (secondary N) is 1. The Balaban J connectivity index is 1.82. The van der Waals surface area contributed by atoms with E-state index in [9.17, 15) is 4.39 Å². The number of anilines is 1. The van der Waals surface area contributed by atoms with Crippen LogP contribution < -0.4 is 11.1 Å². The Morgan fingerprint density at radius 1 is 1.50 bits per heavy atom. The maximum atomic E-state index is 13.2. The minimum absolute atomic E-state index is 0.272. The topological polar surface area (TPSA) is 38.0 Å². The maximum Gasteiger partial charge on any atom is 0.146 e. The number of hydrogen-bond acceptors (Lipinski definition) is 2. The normalized spacial score (nSPS) is 17.4. The molecular formula is C13H19FN2. The molecule has 3 heteroatoms. The Morgan fingerprint density at radius 3 is 2.94 bits per heavy atom. The molecule has 1 unspecified atom stereocenters. The van der Waals surface area contributed by atoms with Gasteiger partial charge < -0.3 is 11.1 Å². The number of nitrogens with two attached hydrogens (primary N) is 1. The Kier molecular flexibility index (Phi) is 3.44. The van der Waals surface area contributed by atoms with E-state index in [4.69, 9.17) is 5.73 Å². The van der Waals surface area contributed by atoms with Gasteiger partial charge in [-0.2, -0.15) is 0 Å². The molecule has 16 heavy (non-hydrogen) atoms. The molecule has 1 aromatic carbocycles. The molecule has 2 rings (SSSR count). The predicted molar refractivity (Wildman–Crippen MR) is 64.4 cm³/mol. The molecule has 0 bridgehead atoms. The van der Waals surface area contributed by atoms with E-state index in [2.05, 4.69) is 12.2 Å². The van der Waals surface area contributed by atoms with Crippen molar-refractivity contribution in [2.45, 2.75) is 26.3 Å². The molecule has 0 radical (unpaired) electrons. The zero-order valence-corrected chi connectivity index (χ0v) is 9.67. The first-order valence-corrected chi connectivity index (χ1v) is 5.92. The molecular weight excluding hydrogens is 203 g/mol. The molecule has 88 valence electrons. The standard InChI is InChI=1S/C13H19FN2/c1-9(10-5-6-10)7-16-8-11-3-2-4-12(14)13(11)15/h2-4,9-10,16H,5-8,15H2,1H3. The number of benzene rings is 1. The Hall–Kier alpha value is -1.09. The molecule has 1 aromatic rings. The largest absolute Gasteiger partial charge is 0.396 e. The van der Waals surface area contributed by atoms with Gasteiger partial charge in [-0.05, 0) is 42.9 Å². The van der Waals surface area contributed by atoms with Gasteiger partial charge in [-0.15, -0.1) is 0 Å². The van der Waals surface area contributed by atoms with Crippen LogP contribution in [0.2, 0.25) is 0 Å². The lowest BCUT2D eigenvalue weighted by Crippen LogP contribution is -2.22. The maximum absolute atomic E-state index is 13.2. The Bertz CT molecular complexity index is 361. The molecule has 1 aliphatic rings. The first-order chi connectivity index (χ1) is 7.68. The average Bonchev–Trinajstić information content (AvgIpc) is 3.07. The third-order valence-electron chi connectivity index (χ3n) is 3.35. The molecule has 1 atom stereocenters. The summed E-state index contributed by atoms with van der Waals surface area (Å²) in [6, 6.07) is 4.96. The van der Waals surface area contributed by atoms with Crippen molar-refractivity contribution in [1.82, 2.24) is 5.32 Å². The zero-order valence-electron chi connectivity index (χ0n) is 9.67. The first kappa shape index (κ1) is 11.4. The average molecular weight is 222 g/mol. The molecule has 1 saturated carbocycles. The summed E-state index contributed by atoms with van der Waals surface area (Å²) in [5.41, 5.74) is 6.78. The molecule has 0 spiro atoms. The van der Waals surface area contributed by atoms with Crippen molar-refractivity contribution in [3.8, 4) is 0 Å². The molecule has 0 aliphatic heterocycles. The fourth-order valence-electron chi connectivity index (χ4n) is 2.00. The summed E-state index contributed by atoms with van der Waals surface area (Å²) < 4.78 is 13.2. The van der Waals surface area contributed by atoms with Crippen LogP contribution in [0, 0.1) is 17.7 Å². The highest BCUT2D eigenvalue weighted by atomic mass is 19.1. The van der Waals surface area contributed by atoms with Gasteiger partial charge in [0.25, 0.3) is 0 Å². The van der Waals surface area contributed by atoms with E-state index in [0.29, 0.717) is 6.54 Å². The predicted octanol–water partition coefficient (Wildman–Crippen LogP) is 2.54. The van der Waals surface area contributed by atoms with Crippen LogP contribution in [0.1, 0.15) is 25.3 Å². The molecule has 2 nitrogen and oxygen atoms in total. The van der Waals surface area contributed by atoms with Gasteiger partial charge in [0.2, 0.25) is 0 Å². The third-order valence-corrected chi connectivity index (χ3v) is 3.35. The summed E-state index contributed by atoms with van der Waals surface area (Å²) in [7, 11) is 0. The lowest BCUT2D eigenvalue weighted by atomic mass is 10.1. The Morgan fingerprint density at radius 2 is 2.25 bits per heavy atom. The van der Waals surface area contributed by atoms with Gasteiger partial charge in [0.05, 0.1) is 5.69 Å². The molecule has 0 amide bonds. The number of rotatable bonds is 5. The van der Waals surface area contributed by atoms with Crippen molar-refractivity contribution >= 4 is 5.69 Å². The highest BCUT2D eigenvalue weighted by Crippen LogP contribution is 2.36. The van der Waals surface area contributed by atoms with Gasteiger partial charge in [0, 0.05) is 6.54 Å². The lowest BCUT2D eigenvalue weighted by Gasteiger charge is -2.12. The van der Waals surface area contributed by atoms with Gasteiger partial charge in [-0.25, -0.2) is 4.39 Å². The fraction of sp³-hybridized carbons (Fsp3) is 0.538. The van der Waals surface area contributed by atoms with E-state index in [1.165, 1.54) is 18.9 Å². The monoisotopic (exact) mass is 222 g/mol. The summed E-state index contributed by atoms with van der Waals surface area (Å²) in [6.45, 7) is 3.90. The number of para-hydroxylation sites is 1. The second kappa shape index (κ2) is 4.83. The van der Waals surface area contributed by atoms with Crippen molar-refractivity contribution in [3.05, 3.63) is 29.6 Å². The lowest BCUT2D eigenvalue weighted by molar-refractivity contribution is 0.461. The first-order valence-electron chi connectivity index (χ1n) is 5.92. The molecule has 3 N–H and O–H groups in total. The SMILES string of the molecule is CC(CNCc1cccc(F)c1N)C1CC1. The van der Waals surface area contributed by atoms with Crippen LogP contribution in [-0.2, 0) is 6.54 Å². The van der Waals surface area contributed by atoms with Crippen LogP contribution in [0.5, 0.6) is 0 Å². The van der Waals surface area contributed by atoms with Gasteiger partial charge in [-0.1, -0.05) is 19.1 Å². The van der Waals surface area contributed by atoms with Gasteiger partial charge >= 0.3 is 0 Å². The summed E-state index contributed by atoms with van der Waals surface area (Å²) in [4.78, 5) is 0. The van der Waals surface area contributed by atoms with Crippen LogP contribution in [-0.4, -0.2) is 6.54 Å². The van der Waals surface area contributed by atoms with Crippen molar-refractivity contribution in [1.29, 1.82) is 0 Å². The van der Waals surface area contributed by atoms with Gasteiger partial charge in [0.1, 0.15) is 5.82 Å². The number of halogens is 1. The molecule has 0 aromatic heterocycles. The van der Waals surface area contributed by atoms with Crippen molar-refractivity contribution in [2.24, 2.45) is 11.8 Å². The molecule has 1 fully saturated rings.